The van der Waals surface area contributed by atoms with Gasteiger partial charge in [0.05, 0.1) is 24.5 Å². The smallest absolute Gasteiger partial charge is 0.415 e. The van der Waals surface area contributed by atoms with Crippen LogP contribution in [0.15, 0.2) is 95.1 Å². The molecule has 4 bridgehead atoms. The van der Waals surface area contributed by atoms with Crippen LogP contribution in [0.25, 0.3) is 10.8 Å². The van der Waals surface area contributed by atoms with E-state index in [-0.39, 0.29) is 29.4 Å². The highest BCUT2D eigenvalue weighted by molar-refractivity contribution is 6.08. The molecule has 1 aromatic heterocycles. The average molecular weight is 744 g/mol. The molecule has 4 aromatic rings. The summed E-state index contributed by atoms with van der Waals surface area (Å²) in [4.78, 5) is 30.5. The van der Waals surface area contributed by atoms with Crippen molar-refractivity contribution in [2.45, 2.75) is 110 Å². The van der Waals surface area contributed by atoms with E-state index < -0.39 is 23.2 Å². The van der Waals surface area contributed by atoms with Gasteiger partial charge in [-0.05, 0) is 152 Å². The second kappa shape index (κ2) is 14.7. The van der Waals surface area contributed by atoms with Crippen molar-refractivity contribution in [2.24, 2.45) is 28.6 Å². The molecular weight excluding hydrogens is 687 g/mol. The van der Waals surface area contributed by atoms with Crippen molar-refractivity contribution in [1.29, 1.82) is 0 Å². The van der Waals surface area contributed by atoms with Crippen molar-refractivity contribution < 1.29 is 29.0 Å². The van der Waals surface area contributed by atoms with Crippen LogP contribution in [0.3, 0.4) is 0 Å². The lowest BCUT2D eigenvalue weighted by molar-refractivity contribution is -0.119. The monoisotopic (exact) mass is 743 g/mol. The first-order valence-corrected chi connectivity index (χ1v) is 20.6. The third-order valence-electron chi connectivity index (χ3n) is 14.8. The fourth-order valence-corrected chi connectivity index (χ4v) is 11.1. The molecule has 0 saturated heterocycles. The minimum absolute atomic E-state index is 0.147. The zero-order valence-corrected chi connectivity index (χ0v) is 32.9. The number of amides is 1. The molecule has 7 atom stereocenters. The highest BCUT2D eigenvalue weighted by Gasteiger charge is 2.59. The predicted molar refractivity (Wildman–Crippen MR) is 215 cm³/mol. The van der Waals surface area contributed by atoms with E-state index in [4.69, 9.17) is 9.15 Å². The van der Waals surface area contributed by atoms with Gasteiger partial charge in [0, 0.05) is 17.5 Å². The van der Waals surface area contributed by atoms with E-state index in [1.807, 2.05) is 65.6 Å². The van der Waals surface area contributed by atoms with Gasteiger partial charge in [-0.2, -0.15) is 0 Å². The van der Waals surface area contributed by atoms with Gasteiger partial charge >= 0.3 is 6.09 Å². The highest BCUT2D eigenvalue weighted by Crippen LogP contribution is 2.62. The Morgan fingerprint density at radius 2 is 1.75 bits per heavy atom. The van der Waals surface area contributed by atoms with Gasteiger partial charge in [0.25, 0.3) is 0 Å². The predicted octanol–water partition coefficient (Wildman–Crippen LogP) is 10.3. The number of benzene rings is 3. The summed E-state index contributed by atoms with van der Waals surface area (Å²) in [6, 6.07) is 23.2. The van der Waals surface area contributed by atoms with E-state index >= 15 is 0 Å². The van der Waals surface area contributed by atoms with Crippen LogP contribution >= 0.6 is 0 Å². The van der Waals surface area contributed by atoms with Crippen molar-refractivity contribution in [1.82, 2.24) is 4.90 Å². The maximum absolute atomic E-state index is 14.5. The summed E-state index contributed by atoms with van der Waals surface area (Å²) < 4.78 is 11.8. The van der Waals surface area contributed by atoms with Crippen LogP contribution in [0, 0.1) is 28.6 Å². The van der Waals surface area contributed by atoms with Gasteiger partial charge < -0.3 is 24.3 Å². The Kier molecular flexibility index (Phi) is 10.1. The molecule has 1 heterocycles. The molecular formula is C48H57NO6. The van der Waals surface area contributed by atoms with E-state index in [1.165, 1.54) is 18.3 Å². The number of ketones is 1. The molecule has 0 radical (unpaired) electrons. The molecule has 10 rings (SSSR count). The topological polar surface area (TPSA) is 100 Å². The molecule has 7 unspecified atom stereocenters. The number of aliphatic hydroxyl groups excluding tert-OH is 1. The number of nitrogens with zero attached hydrogens (tertiary/aromatic N) is 1. The third-order valence-corrected chi connectivity index (χ3v) is 14.8. The van der Waals surface area contributed by atoms with E-state index in [9.17, 15) is 19.8 Å². The molecule has 6 aliphatic carbocycles. The first-order valence-electron chi connectivity index (χ1n) is 20.6. The van der Waals surface area contributed by atoms with E-state index in [0.717, 1.165) is 53.5 Å². The number of carbonyl (C=O) groups is 2. The Morgan fingerprint density at radius 3 is 2.51 bits per heavy atom. The Hall–Kier alpha value is -4.20. The van der Waals surface area contributed by atoms with Crippen LogP contribution in [0.4, 0.5) is 4.79 Å². The van der Waals surface area contributed by atoms with Crippen molar-refractivity contribution in [2.75, 3.05) is 13.1 Å². The molecule has 55 heavy (non-hydrogen) atoms. The number of rotatable bonds is 7. The van der Waals surface area contributed by atoms with Crippen molar-refractivity contribution in [3.05, 3.63) is 113 Å². The minimum atomic E-state index is -1.26. The van der Waals surface area contributed by atoms with E-state index in [2.05, 4.69) is 33.8 Å². The Bertz CT molecular complexity index is 2080. The van der Waals surface area contributed by atoms with Gasteiger partial charge in [-0.1, -0.05) is 74.9 Å². The summed E-state index contributed by atoms with van der Waals surface area (Å²) in [7, 11) is 0. The summed E-state index contributed by atoms with van der Waals surface area (Å²) in [5, 5.41) is 26.3. The van der Waals surface area contributed by atoms with Crippen LogP contribution in [0.2, 0.25) is 0 Å². The quantitative estimate of drug-likeness (QED) is 0.144. The zero-order chi connectivity index (χ0) is 38.5. The normalized spacial score (nSPS) is 30.1. The molecule has 7 nitrogen and oxygen atoms in total. The zero-order valence-electron chi connectivity index (χ0n) is 32.9. The number of fused-ring (bicyclic) bond motifs is 11. The van der Waals surface area contributed by atoms with Crippen molar-refractivity contribution in [3.8, 4) is 5.75 Å². The first-order chi connectivity index (χ1) is 26.3. The van der Waals surface area contributed by atoms with E-state index in [0.29, 0.717) is 61.8 Å². The fraction of sp³-hybridized carbons (Fsp3) is 0.500. The standard InChI is InChI=1S/C48H57NO6/c1-31-9-7-22-47(4)41(39-20-14-32(25-37(50)18-13-31)26-40(39)44(51)43-12-8-24-54-43)21-23-48(47,53)30-49(29-35-15-17-36-28-42(35)46(36,2)3)45(52)55-38-19-16-33-10-5-6-11-34(33)27-38/h5-6,8-12,14,16,19-20,24,26-27,35-37,41-42,50,53H,7,13,15,17-18,21-23,25,28-30H2,1-4H3. The lowest BCUT2D eigenvalue weighted by atomic mass is 9.45. The third kappa shape index (κ3) is 7.08. The van der Waals surface area contributed by atoms with Crippen LogP contribution in [-0.4, -0.2) is 51.8 Å². The number of aliphatic hydroxyl groups is 2. The molecule has 6 aliphatic rings. The van der Waals surface area contributed by atoms with Gasteiger partial charge in [-0.25, -0.2) is 4.79 Å². The SMILES string of the molecule is CC1=CCCC2(C)C(CCC2(O)CN(CC2CCC3CC2C3(C)C)C(=O)Oc2ccc3ccccc3c2)c2ccc(cc2C(=O)c2ccco2)CC(O)CC1. The number of hydrogen-bond acceptors (Lipinski definition) is 6. The summed E-state index contributed by atoms with van der Waals surface area (Å²) in [6.45, 7) is 9.73. The average Bonchev–Trinajstić information content (AvgIpc) is 3.80. The molecule has 3 aromatic carbocycles. The Labute approximate surface area is 325 Å². The van der Waals surface area contributed by atoms with Crippen LogP contribution in [0.5, 0.6) is 5.75 Å². The van der Waals surface area contributed by atoms with Crippen LogP contribution < -0.4 is 4.74 Å². The van der Waals surface area contributed by atoms with Gasteiger partial charge in [0.15, 0.2) is 5.76 Å². The van der Waals surface area contributed by atoms with Crippen LogP contribution in [-0.2, 0) is 6.42 Å². The molecule has 2 N–H and O–H groups in total. The number of allylic oxidation sites excluding steroid dienone is 2. The summed E-state index contributed by atoms with van der Waals surface area (Å²) in [5.41, 5.74) is 1.85. The largest absolute Gasteiger partial charge is 0.461 e. The minimum Gasteiger partial charge on any atom is -0.461 e. The summed E-state index contributed by atoms with van der Waals surface area (Å²) in [6.07, 6.45) is 10.6. The molecule has 1 amide bonds. The lowest BCUT2D eigenvalue weighted by Crippen LogP contribution is -2.58. The molecule has 290 valence electrons. The van der Waals surface area contributed by atoms with Gasteiger partial charge in [-0.15, -0.1) is 0 Å². The second-order valence-corrected chi connectivity index (χ2v) is 18.2. The summed E-state index contributed by atoms with van der Waals surface area (Å²) >= 11 is 0. The number of furan rings is 1. The van der Waals surface area contributed by atoms with Crippen molar-refractivity contribution >= 4 is 22.6 Å². The molecule has 0 spiro atoms. The molecule has 0 aliphatic heterocycles. The lowest BCUT2D eigenvalue weighted by Gasteiger charge is -2.60. The molecule has 4 fully saturated rings. The van der Waals surface area contributed by atoms with Gasteiger partial charge in [0.1, 0.15) is 5.75 Å². The maximum atomic E-state index is 14.5. The number of ether oxygens (including phenoxy) is 1. The van der Waals surface area contributed by atoms with E-state index in [1.54, 1.807) is 12.1 Å². The second-order valence-electron chi connectivity index (χ2n) is 18.2. The Balaban J connectivity index is 1.16. The first kappa shape index (κ1) is 37.7. The van der Waals surface area contributed by atoms with Crippen molar-refractivity contribution in [3.63, 3.8) is 0 Å². The van der Waals surface area contributed by atoms with Gasteiger partial charge in [0.2, 0.25) is 5.78 Å². The highest BCUT2D eigenvalue weighted by atomic mass is 16.6. The number of hydrogen-bond donors (Lipinski definition) is 2. The number of carbonyl (C=O) groups excluding carboxylic acids is 2. The summed E-state index contributed by atoms with van der Waals surface area (Å²) in [5.74, 6) is 1.99. The van der Waals surface area contributed by atoms with Crippen LogP contribution in [0.1, 0.15) is 119 Å². The van der Waals surface area contributed by atoms with Gasteiger partial charge in [-0.3, -0.25) is 4.79 Å². The fourth-order valence-electron chi connectivity index (χ4n) is 11.1. The molecule has 7 heteroatoms. The maximum Gasteiger partial charge on any atom is 0.415 e. The Morgan fingerprint density at radius 1 is 0.927 bits per heavy atom. The molecule has 4 saturated carbocycles.